The molecule has 0 radical (unpaired) electrons. The van der Waals surface area contributed by atoms with Crippen LogP contribution in [0.1, 0.15) is 79.6 Å². The van der Waals surface area contributed by atoms with Crippen LogP contribution in [-0.2, 0) is 52.9 Å². The first-order valence-electron chi connectivity index (χ1n) is 16.6. The highest BCUT2D eigenvalue weighted by Gasteiger charge is 2.33. The molecule has 0 aliphatic rings. The fourth-order valence-corrected chi connectivity index (χ4v) is 5.83. The van der Waals surface area contributed by atoms with Gasteiger partial charge in [-0.2, -0.15) is 0 Å². The molecule has 0 atom stereocenters. The number of aromatic amines is 1. The molecule has 0 bridgehead atoms. The molecule has 0 saturated heterocycles. The fraction of sp³-hybridized carbons (Fsp3) is 0.457. The van der Waals surface area contributed by atoms with Crippen LogP contribution in [-0.4, -0.2) is 58.6 Å². The van der Waals surface area contributed by atoms with Gasteiger partial charge in [-0.05, 0) is 40.0 Å². The van der Waals surface area contributed by atoms with E-state index in [-0.39, 0.29) is 75.2 Å². The highest BCUT2D eigenvalue weighted by molar-refractivity contribution is 5.79. The minimum Gasteiger partial charge on any atom is -0.503 e. The minimum absolute atomic E-state index is 0.0170. The standard InChI is InChI=1S/C35H47N7O10/c1-19-13-26(44)32(50)23(39-19)16-36-29(47)7-10-35(40-22(4)43,11-8-30(48)37-17-24-33(51)27(45)14-20(2)41(24)5)12-9-31(49)38-18-25-34(52)28(46)15-21(3)42(25)6/h13-15,50-52H,7-12,16-18H2,1-6H3,(H,36,47)(H,37,48)(H,38,49)(H,39,44)(H,40,43). The second kappa shape index (κ2) is 17.4. The number of nitrogens with zero attached hydrogens (tertiary/aromatic N) is 2. The van der Waals surface area contributed by atoms with Gasteiger partial charge in [-0.15, -0.1) is 0 Å². The second-order valence-corrected chi connectivity index (χ2v) is 12.9. The first kappa shape index (κ1) is 40.6. The highest BCUT2D eigenvalue weighted by Crippen LogP contribution is 2.27. The van der Waals surface area contributed by atoms with Gasteiger partial charge in [0.15, 0.2) is 17.2 Å². The summed E-state index contributed by atoms with van der Waals surface area (Å²) < 4.78 is 3.13. The second-order valence-electron chi connectivity index (χ2n) is 12.9. The lowest BCUT2D eigenvalue weighted by Crippen LogP contribution is -2.49. The molecule has 8 N–H and O–H groups in total. The Morgan fingerprint density at radius 1 is 0.654 bits per heavy atom. The van der Waals surface area contributed by atoms with E-state index >= 15 is 0 Å². The van der Waals surface area contributed by atoms with Crippen LogP contribution in [0.25, 0.3) is 0 Å². The predicted octanol–water partition coefficient (Wildman–Crippen LogP) is 0.279. The van der Waals surface area contributed by atoms with Crippen LogP contribution in [0.3, 0.4) is 0 Å². The molecule has 0 saturated carbocycles. The van der Waals surface area contributed by atoms with E-state index in [9.17, 15) is 48.9 Å². The molecule has 3 aromatic heterocycles. The van der Waals surface area contributed by atoms with Crippen molar-refractivity contribution >= 4 is 23.6 Å². The summed E-state index contributed by atoms with van der Waals surface area (Å²) in [4.78, 5) is 90.7. The number of rotatable bonds is 16. The Hall–Kier alpha value is -5.87. The Morgan fingerprint density at radius 3 is 1.44 bits per heavy atom. The molecule has 0 aromatic carbocycles. The third-order valence-corrected chi connectivity index (χ3v) is 9.08. The van der Waals surface area contributed by atoms with Crippen molar-refractivity contribution in [3.05, 3.63) is 83.0 Å². The quantitative estimate of drug-likeness (QED) is 0.100. The summed E-state index contributed by atoms with van der Waals surface area (Å²) in [5, 5.41) is 41.5. The van der Waals surface area contributed by atoms with Gasteiger partial charge in [0.25, 0.3) is 0 Å². The molecule has 3 rings (SSSR count). The van der Waals surface area contributed by atoms with Crippen molar-refractivity contribution in [2.75, 3.05) is 0 Å². The van der Waals surface area contributed by atoms with Crippen molar-refractivity contribution in [1.82, 2.24) is 35.4 Å². The Bertz CT molecular complexity index is 1940. The van der Waals surface area contributed by atoms with E-state index in [1.54, 1.807) is 44.0 Å². The monoisotopic (exact) mass is 725 g/mol. The highest BCUT2D eigenvalue weighted by atomic mass is 16.3. The van der Waals surface area contributed by atoms with Crippen LogP contribution in [0.2, 0.25) is 0 Å². The molecule has 0 aliphatic heterocycles. The van der Waals surface area contributed by atoms with Crippen LogP contribution >= 0.6 is 0 Å². The number of H-pyrrole nitrogens is 1. The number of amides is 4. The Labute approximate surface area is 299 Å². The summed E-state index contributed by atoms with van der Waals surface area (Å²) in [6, 6.07) is 3.74. The van der Waals surface area contributed by atoms with Crippen LogP contribution in [0.15, 0.2) is 32.6 Å². The fourth-order valence-electron chi connectivity index (χ4n) is 5.83. The number of hydrogen-bond donors (Lipinski definition) is 8. The van der Waals surface area contributed by atoms with Gasteiger partial charge in [-0.3, -0.25) is 33.6 Å². The van der Waals surface area contributed by atoms with Crippen LogP contribution in [0, 0.1) is 20.8 Å². The van der Waals surface area contributed by atoms with E-state index < -0.39 is 62.7 Å². The maximum absolute atomic E-state index is 13.1. The number of aromatic hydroxyl groups is 3. The largest absolute Gasteiger partial charge is 0.503 e. The Kier molecular flexibility index (Phi) is 13.5. The maximum atomic E-state index is 13.1. The van der Waals surface area contributed by atoms with E-state index in [1.165, 1.54) is 25.1 Å². The molecule has 3 heterocycles. The average molecular weight is 726 g/mol. The summed E-state index contributed by atoms with van der Waals surface area (Å²) in [7, 11) is 3.26. The van der Waals surface area contributed by atoms with Gasteiger partial charge < -0.3 is 50.7 Å². The van der Waals surface area contributed by atoms with E-state index in [0.717, 1.165) is 0 Å². The van der Waals surface area contributed by atoms with Gasteiger partial charge in [0.1, 0.15) is 0 Å². The number of carbonyl (C=O) groups is 4. The van der Waals surface area contributed by atoms with Crippen LogP contribution < -0.4 is 37.6 Å². The molecule has 17 nitrogen and oxygen atoms in total. The smallest absolute Gasteiger partial charge is 0.223 e. The molecule has 0 fully saturated rings. The van der Waals surface area contributed by atoms with Crippen molar-refractivity contribution in [2.45, 2.75) is 91.4 Å². The topological polar surface area (TPSA) is 254 Å². The molecular formula is C35H47N7O10. The summed E-state index contributed by atoms with van der Waals surface area (Å²) in [5.41, 5.74) is -0.947. The van der Waals surface area contributed by atoms with Crippen LogP contribution in [0.4, 0.5) is 0 Å². The van der Waals surface area contributed by atoms with E-state index in [1.807, 2.05) is 0 Å². The van der Waals surface area contributed by atoms with E-state index in [2.05, 4.69) is 26.3 Å². The molecule has 0 spiro atoms. The Morgan fingerprint density at radius 2 is 1.04 bits per heavy atom. The van der Waals surface area contributed by atoms with Gasteiger partial charge >= 0.3 is 0 Å². The molecule has 0 unspecified atom stereocenters. The lowest BCUT2D eigenvalue weighted by Gasteiger charge is -2.35. The van der Waals surface area contributed by atoms with Crippen LogP contribution in [0.5, 0.6) is 17.2 Å². The number of carbonyl (C=O) groups excluding carboxylic acids is 4. The number of hydrogen-bond acceptors (Lipinski definition) is 10. The minimum atomic E-state index is -1.26. The maximum Gasteiger partial charge on any atom is 0.223 e. The molecule has 0 aliphatic carbocycles. The van der Waals surface area contributed by atoms with E-state index in [4.69, 9.17) is 0 Å². The predicted molar refractivity (Wildman–Crippen MR) is 189 cm³/mol. The SMILES string of the molecule is CC(=O)NC(CCC(=O)NCc1[nH]c(C)cc(=O)c1O)(CCC(=O)NCc1c(O)c(=O)cc(C)n1C)CCC(=O)NCc1c(O)c(=O)cc(C)n1C. The van der Waals surface area contributed by atoms with Gasteiger partial charge in [0.05, 0.1) is 36.7 Å². The third-order valence-electron chi connectivity index (χ3n) is 9.08. The van der Waals surface area contributed by atoms with Crippen molar-refractivity contribution in [3.63, 3.8) is 0 Å². The first-order valence-corrected chi connectivity index (χ1v) is 16.6. The first-order chi connectivity index (χ1) is 24.3. The number of nitrogens with one attached hydrogen (secondary N) is 5. The number of pyridine rings is 3. The molecule has 52 heavy (non-hydrogen) atoms. The zero-order chi connectivity index (χ0) is 38.9. The normalized spacial score (nSPS) is 11.2. The molecular weight excluding hydrogens is 678 g/mol. The van der Waals surface area contributed by atoms with Gasteiger partial charge in [0.2, 0.25) is 39.9 Å². The third kappa shape index (κ3) is 10.6. The van der Waals surface area contributed by atoms with Crippen molar-refractivity contribution in [1.29, 1.82) is 0 Å². The lowest BCUT2D eigenvalue weighted by atomic mass is 9.83. The summed E-state index contributed by atoms with van der Waals surface area (Å²) >= 11 is 0. The van der Waals surface area contributed by atoms with Gasteiger partial charge in [-0.1, -0.05) is 0 Å². The van der Waals surface area contributed by atoms with Crippen molar-refractivity contribution in [3.8, 4) is 17.2 Å². The summed E-state index contributed by atoms with van der Waals surface area (Å²) in [5.74, 6) is -3.51. The van der Waals surface area contributed by atoms with Crippen molar-refractivity contribution in [2.24, 2.45) is 14.1 Å². The average Bonchev–Trinajstić information content (AvgIpc) is 3.07. The number of aryl methyl sites for hydroxylation is 3. The Balaban J connectivity index is 1.78. The summed E-state index contributed by atoms with van der Waals surface area (Å²) in [6.45, 7) is 5.70. The molecule has 4 amide bonds. The zero-order valence-electron chi connectivity index (χ0n) is 30.2. The zero-order valence-corrected chi connectivity index (χ0v) is 30.2. The van der Waals surface area contributed by atoms with Gasteiger partial charge in [-0.25, -0.2) is 0 Å². The molecule has 282 valence electrons. The molecule has 17 heteroatoms. The number of aromatic nitrogens is 3. The lowest BCUT2D eigenvalue weighted by molar-refractivity contribution is -0.126. The van der Waals surface area contributed by atoms with Gasteiger partial charge in [0, 0.05) is 81.1 Å². The van der Waals surface area contributed by atoms with E-state index in [0.29, 0.717) is 17.1 Å². The molecule has 3 aromatic rings. The summed E-state index contributed by atoms with van der Waals surface area (Å²) in [6.07, 6.45) is -0.592. The van der Waals surface area contributed by atoms with Crippen molar-refractivity contribution < 1.29 is 34.5 Å².